The summed E-state index contributed by atoms with van der Waals surface area (Å²) < 4.78 is 38.6. The molecule has 0 unspecified atom stereocenters. The van der Waals surface area contributed by atoms with Gasteiger partial charge in [-0.25, -0.2) is 0 Å². The van der Waals surface area contributed by atoms with Gasteiger partial charge in [-0.3, -0.25) is 0 Å². The SMILES string of the molecule is CC1(C)OB(c2cc[c-]c(-c3ccc(-c4ccccc4C4CC(c5ccccc5-c5ccc(-c6[c-]ccc(B7OC(C)(C)C(C)(C)O7)c6)nc5)CC(c5ccccc5-c5ccc(-c6[c-]ccc(B7OC(C)(C)C(C)(C)O7)c6)nc5)C4)cn3)c2)OC1(C)C.[Ir+3]. The molecule has 4 fully saturated rings. The molecular formula is C75H75B3IrN3O6. The van der Waals surface area contributed by atoms with Crippen molar-refractivity contribution in [2.75, 3.05) is 0 Å². The van der Waals surface area contributed by atoms with Crippen molar-refractivity contribution in [1.82, 2.24) is 15.0 Å². The zero-order valence-electron chi connectivity index (χ0n) is 52.5. The molecule has 9 aromatic rings. The Labute approximate surface area is 535 Å². The number of pyridine rings is 3. The van der Waals surface area contributed by atoms with Gasteiger partial charge in [0.1, 0.15) is 0 Å². The van der Waals surface area contributed by atoms with Gasteiger partial charge in [0.05, 0.1) is 33.6 Å². The van der Waals surface area contributed by atoms with E-state index < -0.39 is 55.0 Å². The van der Waals surface area contributed by atoms with Gasteiger partial charge in [0, 0.05) is 18.6 Å². The van der Waals surface area contributed by atoms with Crippen molar-refractivity contribution in [3.63, 3.8) is 0 Å². The topological polar surface area (TPSA) is 94.1 Å². The van der Waals surface area contributed by atoms with E-state index in [2.05, 4.69) is 229 Å². The van der Waals surface area contributed by atoms with Crippen LogP contribution in [0.3, 0.4) is 0 Å². The minimum absolute atomic E-state index is 0. The van der Waals surface area contributed by atoms with Crippen molar-refractivity contribution >= 4 is 37.7 Å². The Morgan fingerprint density at radius 1 is 0.341 bits per heavy atom. The van der Waals surface area contributed by atoms with Crippen molar-refractivity contribution in [1.29, 1.82) is 0 Å². The Kier molecular flexibility index (Phi) is 16.5. The van der Waals surface area contributed by atoms with Crippen molar-refractivity contribution in [2.45, 2.75) is 154 Å². The van der Waals surface area contributed by atoms with E-state index in [4.69, 9.17) is 42.9 Å². The molecule has 4 aliphatic rings. The smallest absolute Gasteiger partial charge is 0.400 e. The quantitative estimate of drug-likeness (QED) is 0.0876. The maximum absolute atomic E-state index is 6.43. The first-order valence-corrected chi connectivity index (χ1v) is 30.8. The molecule has 3 aliphatic heterocycles. The summed E-state index contributed by atoms with van der Waals surface area (Å²) in [5.74, 6) is 0.612. The van der Waals surface area contributed by atoms with Crippen LogP contribution in [-0.4, -0.2) is 69.9 Å². The summed E-state index contributed by atoms with van der Waals surface area (Å²) in [6.07, 6.45) is 8.96. The fourth-order valence-corrected chi connectivity index (χ4v) is 12.8. The van der Waals surface area contributed by atoms with E-state index in [1.165, 1.54) is 33.4 Å². The fraction of sp³-hybridized carbons (Fsp3) is 0.320. The third kappa shape index (κ3) is 11.8. The molecule has 3 saturated heterocycles. The zero-order chi connectivity index (χ0) is 60.7. The summed E-state index contributed by atoms with van der Waals surface area (Å²) in [6, 6.07) is 68.3. The number of benzene rings is 6. The van der Waals surface area contributed by atoms with Crippen LogP contribution in [0.2, 0.25) is 0 Å². The number of hydrogen-bond donors (Lipinski definition) is 0. The van der Waals surface area contributed by atoms with Crippen molar-refractivity contribution in [3.8, 4) is 67.2 Å². The molecule has 444 valence electrons. The van der Waals surface area contributed by atoms with Gasteiger partial charge in [0.15, 0.2) is 0 Å². The van der Waals surface area contributed by atoms with E-state index in [1.807, 2.05) is 55.0 Å². The Morgan fingerprint density at radius 2 is 0.591 bits per heavy atom. The van der Waals surface area contributed by atoms with E-state index in [0.717, 1.165) is 86.1 Å². The summed E-state index contributed by atoms with van der Waals surface area (Å²) in [4.78, 5) is 15.4. The average molecular weight is 1340 g/mol. The molecule has 0 atom stereocenters. The number of aromatic nitrogens is 3. The van der Waals surface area contributed by atoms with Crippen molar-refractivity contribution < 1.29 is 48.0 Å². The molecule has 1 saturated carbocycles. The molecule has 88 heavy (non-hydrogen) atoms. The number of rotatable bonds is 12. The number of hydrogen-bond acceptors (Lipinski definition) is 9. The van der Waals surface area contributed by atoms with E-state index in [-0.39, 0.29) is 37.9 Å². The van der Waals surface area contributed by atoms with Crippen LogP contribution < -0.4 is 16.4 Å². The van der Waals surface area contributed by atoms with E-state index in [9.17, 15) is 0 Å². The molecule has 0 N–H and O–H groups in total. The second-order valence-corrected chi connectivity index (χ2v) is 27.2. The van der Waals surface area contributed by atoms with Gasteiger partial charge < -0.3 is 42.9 Å². The van der Waals surface area contributed by atoms with Gasteiger partial charge in [-0.1, -0.05) is 109 Å². The van der Waals surface area contributed by atoms with Crippen molar-refractivity contribution in [3.05, 3.63) is 217 Å². The van der Waals surface area contributed by atoms with Gasteiger partial charge in [0.25, 0.3) is 0 Å². The minimum atomic E-state index is -0.477. The molecule has 13 rings (SSSR count). The molecule has 0 spiro atoms. The normalized spacial score (nSPS) is 21.3. The molecule has 13 heteroatoms. The first kappa shape index (κ1) is 61.6. The summed E-state index contributed by atoms with van der Waals surface area (Å²) in [5, 5.41) is 0. The Bertz CT molecular complexity index is 3540. The molecule has 9 nitrogen and oxygen atoms in total. The maximum Gasteiger partial charge on any atom is 3.00 e. The van der Waals surface area contributed by atoms with Gasteiger partial charge >= 0.3 is 41.5 Å². The van der Waals surface area contributed by atoms with Gasteiger partial charge in [-0.05, 0) is 187 Å². The van der Waals surface area contributed by atoms with Gasteiger partial charge in [0.2, 0.25) is 0 Å². The Balaban J connectivity index is 0.00000754. The van der Waals surface area contributed by atoms with Crippen LogP contribution in [0.15, 0.2) is 182 Å². The second-order valence-electron chi connectivity index (χ2n) is 27.2. The van der Waals surface area contributed by atoms with Crippen LogP contribution in [0.5, 0.6) is 0 Å². The van der Waals surface area contributed by atoms with Gasteiger partial charge in [-0.2, -0.15) is 0 Å². The monoisotopic (exact) mass is 1340 g/mol. The zero-order valence-corrected chi connectivity index (χ0v) is 54.9. The van der Waals surface area contributed by atoms with Crippen LogP contribution in [0, 0.1) is 18.2 Å². The summed E-state index contributed by atoms with van der Waals surface area (Å²) in [7, 11) is -1.43. The van der Waals surface area contributed by atoms with Crippen LogP contribution >= 0.6 is 0 Å². The maximum atomic E-state index is 6.43. The third-order valence-corrected chi connectivity index (χ3v) is 20.0. The first-order chi connectivity index (χ1) is 41.5. The minimum Gasteiger partial charge on any atom is -0.400 e. The molecule has 0 radical (unpaired) electrons. The predicted molar refractivity (Wildman–Crippen MR) is 351 cm³/mol. The van der Waals surface area contributed by atoms with Crippen molar-refractivity contribution in [2.24, 2.45) is 0 Å². The molecule has 1 aliphatic carbocycles. The predicted octanol–water partition coefficient (Wildman–Crippen LogP) is 15.0. The average Bonchev–Trinajstić information content (AvgIpc) is 3.26. The standard InChI is InChI=1S/C75H75B3N3O6.Ir/c1-70(2)71(3,4)83-76(82-70)58-25-19-22-49(43-58)67-37-34-52(46-79-67)61-28-13-16-31-64(61)55-40-56(65-32-17-14-29-62(65)53-35-38-68(80-47-53)50-23-20-26-59(44-50)77-84-72(5,6)73(7,8)85-77)42-57(41-55)66-33-18-15-30-63(66)54-36-39-69(81-48-54)51-24-21-27-60(45-51)78-86-74(9,10)75(11,12)87-78;/h13-21,25-39,43-48,55-57H,40-42H2,1-12H3;/q-3;+3. The largest absolute Gasteiger partial charge is 3.00 e. The summed E-state index contributed by atoms with van der Waals surface area (Å²) >= 11 is 0. The van der Waals surface area contributed by atoms with Crippen LogP contribution in [0.25, 0.3) is 67.2 Å². The van der Waals surface area contributed by atoms with Crippen LogP contribution in [0.4, 0.5) is 0 Å². The Hall–Kier alpha value is -6.63. The first-order valence-electron chi connectivity index (χ1n) is 30.8. The molecular weight excluding hydrogens is 1260 g/mol. The third-order valence-electron chi connectivity index (χ3n) is 20.0. The number of nitrogens with zero attached hydrogens (tertiary/aromatic N) is 3. The van der Waals surface area contributed by atoms with Crippen LogP contribution in [-0.2, 0) is 48.0 Å². The second kappa shape index (κ2) is 23.6. The molecule has 6 heterocycles. The van der Waals surface area contributed by atoms with E-state index in [1.54, 1.807) is 0 Å². The molecule has 0 bridgehead atoms. The fourth-order valence-electron chi connectivity index (χ4n) is 12.8. The summed E-state index contributed by atoms with van der Waals surface area (Å²) in [6.45, 7) is 25.0. The molecule has 6 aromatic carbocycles. The van der Waals surface area contributed by atoms with Gasteiger partial charge in [-0.15, -0.1) is 106 Å². The van der Waals surface area contributed by atoms with Crippen LogP contribution in [0.1, 0.15) is 137 Å². The Morgan fingerprint density at radius 3 is 0.830 bits per heavy atom. The molecule has 3 aromatic heterocycles. The van der Waals surface area contributed by atoms with E-state index in [0.29, 0.717) is 0 Å². The molecule has 0 amide bonds. The summed E-state index contributed by atoms with van der Waals surface area (Å²) in [5.41, 5.74) is 16.1. The van der Waals surface area contributed by atoms with E-state index >= 15 is 0 Å².